The third-order valence-electron chi connectivity index (χ3n) is 5.32. The highest BCUT2D eigenvalue weighted by atomic mass is 32.2. The van der Waals surface area contributed by atoms with Crippen LogP contribution >= 0.6 is 0 Å². The molecule has 0 radical (unpaired) electrons. The number of hydrogen-bond donors (Lipinski definition) is 1. The lowest BCUT2D eigenvalue weighted by Gasteiger charge is -2.23. The summed E-state index contributed by atoms with van der Waals surface area (Å²) in [6.07, 6.45) is 3.81. The number of urea groups is 1. The fourth-order valence-corrected chi connectivity index (χ4v) is 4.96. The van der Waals surface area contributed by atoms with Crippen LogP contribution in [0.2, 0.25) is 0 Å². The number of aryl methyl sites for hydroxylation is 1. The number of hydrogen-bond acceptors (Lipinski definition) is 5. The maximum atomic E-state index is 13.2. The first-order valence-corrected chi connectivity index (χ1v) is 12.3. The zero-order chi connectivity index (χ0) is 22.4. The van der Waals surface area contributed by atoms with Crippen LogP contribution in [0.5, 0.6) is 0 Å². The minimum absolute atomic E-state index is 0.0161. The van der Waals surface area contributed by atoms with Crippen LogP contribution < -0.4 is 5.32 Å². The van der Waals surface area contributed by atoms with Crippen LogP contribution in [0.4, 0.5) is 4.79 Å². The lowest BCUT2D eigenvalue weighted by Crippen LogP contribution is -2.41. The zero-order valence-electron chi connectivity index (χ0n) is 18.5. The molecule has 9 heteroatoms. The van der Waals surface area contributed by atoms with E-state index >= 15 is 0 Å². The number of methoxy groups -OCH3 is 1. The molecule has 1 N–H and O–H groups in total. The van der Waals surface area contributed by atoms with Crippen LogP contribution in [0.25, 0.3) is 0 Å². The molecular formula is C22H32N4O4S. The third kappa shape index (κ3) is 6.30. The van der Waals surface area contributed by atoms with Crippen LogP contribution in [-0.4, -0.2) is 55.7 Å². The number of ether oxygens (including phenoxy) is 1. The fraction of sp³-hybridized carbons (Fsp3) is 0.545. The molecule has 3 rings (SSSR count). The highest BCUT2D eigenvalue weighted by molar-refractivity contribution is 7.90. The molecule has 2 amide bonds. The van der Waals surface area contributed by atoms with E-state index in [1.807, 2.05) is 38.1 Å². The average Bonchev–Trinajstić information content (AvgIpc) is 3.45. The molecule has 1 aliphatic carbocycles. The van der Waals surface area contributed by atoms with Crippen molar-refractivity contribution in [2.75, 3.05) is 26.8 Å². The van der Waals surface area contributed by atoms with Crippen molar-refractivity contribution in [3.63, 3.8) is 0 Å². The highest BCUT2D eigenvalue weighted by Crippen LogP contribution is 2.30. The summed E-state index contributed by atoms with van der Waals surface area (Å²) in [6, 6.07) is 7.30. The maximum absolute atomic E-state index is 13.2. The van der Waals surface area contributed by atoms with Crippen LogP contribution in [-0.2, 0) is 33.4 Å². The lowest BCUT2D eigenvalue weighted by molar-refractivity contribution is 0.178. The SMILES string of the molecule is CCNC(=O)N(Cc1cnc(S(=O)(=O)Cc2ccc(C)cc2)n1CCOC)CC1CC1. The molecule has 8 nitrogen and oxygen atoms in total. The van der Waals surface area contributed by atoms with Gasteiger partial charge in [-0.25, -0.2) is 18.2 Å². The minimum atomic E-state index is -3.67. The maximum Gasteiger partial charge on any atom is 0.317 e. The van der Waals surface area contributed by atoms with Gasteiger partial charge in [-0.15, -0.1) is 0 Å². The minimum Gasteiger partial charge on any atom is -0.383 e. The number of carbonyl (C=O) groups is 1. The van der Waals surface area contributed by atoms with Crippen LogP contribution in [0, 0.1) is 12.8 Å². The second-order valence-electron chi connectivity index (χ2n) is 8.08. The van der Waals surface area contributed by atoms with E-state index in [2.05, 4.69) is 10.3 Å². The number of aromatic nitrogens is 2. The number of nitrogens with one attached hydrogen (secondary N) is 1. The second-order valence-corrected chi connectivity index (χ2v) is 9.96. The van der Waals surface area contributed by atoms with Gasteiger partial charge in [0.1, 0.15) is 0 Å². The summed E-state index contributed by atoms with van der Waals surface area (Å²) in [6.45, 7) is 6.04. The van der Waals surface area contributed by atoms with Gasteiger partial charge < -0.3 is 19.5 Å². The van der Waals surface area contributed by atoms with Gasteiger partial charge in [-0.3, -0.25) is 0 Å². The Morgan fingerprint density at radius 1 is 1.29 bits per heavy atom. The van der Waals surface area contributed by atoms with Gasteiger partial charge in [0, 0.05) is 26.7 Å². The predicted octanol–water partition coefficient (Wildman–Crippen LogP) is 2.75. The Hall–Kier alpha value is -2.39. The number of rotatable bonds is 11. The molecule has 0 saturated heterocycles. The van der Waals surface area contributed by atoms with Crippen molar-refractivity contribution in [1.29, 1.82) is 0 Å². The van der Waals surface area contributed by atoms with Crippen LogP contribution in [0.1, 0.15) is 36.6 Å². The van der Waals surface area contributed by atoms with Gasteiger partial charge in [0.2, 0.25) is 15.0 Å². The standard InChI is InChI=1S/C22H32N4O4S/c1-4-23-21(27)25(14-18-9-10-18)15-20-13-24-22(26(20)11-12-30-3)31(28,29)16-19-7-5-17(2)6-8-19/h5-8,13,18H,4,9-12,14-16H2,1-3H3,(H,23,27). The van der Waals surface area contributed by atoms with E-state index in [-0.39, 0.29) is 16.9 Å². The smallest absolute Gasteiger partial charge is 0.317 e. The fourth-order valence-electron chi connectivity index (χ4n) is 3.45. The van der Waals surface area contributed by atoms with Crippen LogP contribution in [0.3, 0.4) is 0 Å². The topological polar surface area (TPSA) is 93.5 Å². The average molecular weight is 449 g/mol. The van der Waals surface area contributed by atoms with Gasteiger partial charge in [-0.2, -0.15) is 0 Å². The van der Waals surface area contributed by atoms with E-state index in [0.717, 1.165) is 18.4 Å². The molecule has 0 spiro atoms. The molecule has 2 aromatic rings. The highest BCUT2D eigenvalue weighted by Gasteiger charge is 2.29. The van der Waals surface area contributed by atoms with Crippen molar-refractivity contribution in [3.05, 3.63) is 47.3 Å². The van der Waals surface area contributed by atoms with Gasteiger partial charge in [-0.1, -0.05) is 29.8 Å². The largest absolute Gasteiger partial charge is 0.383 e. The van der Waals surface area contributed by atoms with E-state index in [4.69, 9.17) is 4.74 Å². The van der Waals surface area contributed by atoms with E-state index in [1.165, 1.54) is 0 Å². The molecule has 1 saturated carbocycles. The normalized spacial score (nSPS) is 13.9. The van der Waals surface area contributed by atoms with Gasteiger partial charge in [0.15, 0.2) is 0 Å². The summed E-state index contributed by atoms with van der Waals surface area (Å²) in [5.41, 5.74) is 2.48. The Morgan fingerprint density at radius 2 is 2.00 bits per heavy atom. The number of carbonyl (C=O) groups excluding carboxylic acids is 1. The number of nitrogens with zero attached hydrogens (tertiary/aromatic N) is 3. The Morgan fingerprint density at radius 3 is 2.61 bits per heavy atom. The van der Waals surface area contributed by atoms with Crippen molar-refractivity contribution in [2.45, 2.75) is 50.7 Å². The molecule has 0 aliphatic heterocycles. The van der Waals surface area contributed by atoms with Crippen molar-refractivity contribution >= 4 is 15.9 Å². The Bertz CT molecular complexity index is 981. The van der Waals surface area contributed by atoms with E-state index in [9.17, 15) is 13.2 Å². The van der Waals surface area contributed by atoms with Crippen LogP contribution in [0.15, 0.2) is 35.6 Å². The predicted molar refractivity (Wildman–Crippen MR) is 118 cm³/mol. The summed E-state index contributed by atoms with van der Waals surface area (Å²) in [5, 5.41) is 2.87. The molecule has 0 bridgehead atoms. The molecule has 1 fully saturated rings. The Balaban J connectivity index is 1.87. The van der Waals surface area contributed by atoms with Crippen molar-refractivity contribution in [1.82, 2.24) is 19.8 Å². The number of imidazole rings is 1. The van der Waals surface area contributed by atoms with Gasteiger partial charge >= 0.3 is 6.03 Å². The van der Waals surface area contributed by atoms with Gasteiger partial charge in [0.25, 0.3) is 0 Å². The number of benzene rings is 1. The first-order valence-electron chi connectivity index (χ1n) is 10.7. The summed E-state index contributed by atoms with van der Waals surface area (Å²) < 4.78 is 33.2. The molecule has 170 valence electrons. The summed E-state index contributed by atoms with van der Waals surface area (Å²) in [4.78, 5) is 18.6. The van der Waals surface area contributed by atoms with Gasteiger partial charge in [-0.05, 0) is 38.2 Å². The molecule has 0 atom stereocenters. The van der Waals surface area contributed by atoms with E-state index in [0.29, 0.717) is 50.0 Å². The van der Waals surface area contributed by atoms with E-state index < -0.39 is 9.84 Å². The summed E-state index contributed by atoms with van der Waals surface area (Å²) in [5.74, 6) is 0.390. The molecular weight excluding hydrogens is 416 g/mol. The molecule has 0 unspecified atom stereocenters. The molecule has 1 heterocycles. The van der Waals surface area contributed by atoms with Crippen molar-refractivity contribution in [3.8, 4) is 0 Å². The quantitative estimate of drug-likeness (QED) is 0.571. The van der Waals surface area contributed by atoms with E-state index in [1.54, 1.807) is 22.8 Å². The summed E-state index contributed by atoms with van der Waals surface area (Å²) >= 11 is 0. The number of amides is 2. The first kappa shape index (κ1) is 23.3. The second kappa shape index (κ2) is 10.3. The zero-order valence-corrected chi connectivity index (χ0v) is 19.3. The lowest BCUT2D eigenvalue weighted by atomic mass is 10.2. The Kier molecular flexibility index (Phi) is 7.72. The third-order valence-corrected chi connectivity index (χ3v) is 6.92. The summed E-state index contributed by atoms with van der Waals surface area (Å²) in [7, 11) is -2.09. The molecule has 1 aromatic heterocycles. The molecule has 1 aliphatic rings. The number of sulfone groups is 1. The van der Waals surface area contributed by atoms with Crippen molar-refractivity contribution in [2.24, 2.45) is 5.92 Å². The first-order chi connectivity index (χ1) is 14.8. The monoisotopic (exact) mass is 448 g/mol. The van der Waals surface area contributed by atoms with Gasteiger partial charge in [0.05, 0.1) is 30.8 Å². The van der Waals surface area contributed by atoms with Crippen molar-refractivity contribution < 1.29 is 17.9 Å². The molecule has 31 heavy (non-hydrogen) atoms. The Labute approximate surface area is 184 Å². The molecule has 1 aromatic carbocycles.